The Balaban J connectivity index is 0.000000174. The molecular formula is C88H81Cl4N6O2P. The van der Waals surface area contributed by atoms with Gasteiger partial charge in [0.1, 0.15) is 6.54 Å². The molecule has 0 unspecified atom stereocenters. The zero-order valence-electron chi connectivity index (χ0n) is 57.5. The third-order valence-electron chi connectivity index (χ3n) is 17.8. The molecule has 1 aliphatic carbocycles. The Morgan fingerprint density at radius 2 is 0.762 bits per heavy atom. The lowest BCUT2D eigenvalue weighted by atomic mass is 9.87. The zero-order chi connectivity index (χ0) is 70.0. The number of hydrogen-bond donors (Lipinski definition) is 0. The lowest BCUT2D eigenvalue weighted by Crippen LogP contribution is -3.00. The van der Waals surface area contributed by atoms with E-state index >= 15 is 0 Å². The highest BCUT2D eigenvalue weighted by Crippen LogP contribution is 2.61. The SMILES string of the molecule is CCN(c1ccccc1)c1ccc(C(=C2C=CC(=[N+](CC)c3ccccc3)C=C2)c2c(-c3ccccc3)n(C)c3ccccc23)cc1.CCN(c1ccccc1)c1ccc(C(=O)c2ccc(N(CC)c3ccccc3)cc2)cc1.Cn1c(-c2ccccc2)cc2ccccc21.O=P(Cl)(Cl)Cl.[Cl-]. The summed E-state index contributed by atoms with van der Waals surface area (Å²) in [6, 6.07) is 107. The Labute approximate surface area is 615 Å². The van der Waals surface area contributed by atoms with Crippen molar-refractivity contribution >= 4 is 118 Å². The van der Waals surface area contributed by atoms with E-state index in [-0.39, 0.29) is 18.2 Å². The van der Waals surface area contributed by atoms with E-state index in [4.69, 9.17) is 0 Å². The van der Waals surface area contributed by atoms with Gasteiger partial charge in [0.05, 0.1) is 5.69 Å². The van der Waals surface area contributed by atoms with Gasteiger partial charge in [0, 0.05) is 136 Å². The second-order valence-corrected chi connectivity index (χ2v) is 30.4. The molecule has 0 spiro atoms. The molecule has 0 bridgehead atoms. The molecule has 0 aliphatic heterocycles. The van der Waals surface area contributed by atoms with Crippen LogP contribution in [0.2, 0.25) is 0 Å². The van der Waals surface area contributed by atoms with Crippen LogP contribution in [-0.2, 0) is 18.7 Å². The molecule has 11 aromatic carbocycles. The molecule has 13 heteroatoms. The van der Waals surface area contributed by atoms with Crippen molar-refractivity contribution in [1.82, 2.24) is 9.13 Å². The molecule has 14 rings (SSSR count). The van der Waals surface area contributed by atoms with Crippen LogP contribution in [0.25, 0.3) is 49.9 Å². The van der Waals surface area contributed by atoms with Gasteiger partial charge in [0.15, 0.2) is 5.78 Å². The van der Waals surface area contributed by atoms with Gasteiger partial charge in [-0.15, -0.1) is 0 Å². The maximum Gasteiger partial charge on any atom is 0.339 e. The average Bonchev–Trinajstić information content (AvgIpc) is 1.61. The van der Waals surface area contributed by atoms with Crippen LogP contribution in [0.1, 0.15) is 54.7 Å². The third-order valence-corrected chi connectivity index (χ3v) is 17.8. The number of fused-ring (bicyclic) bond motifs is 2. The van der Waals surface area contributed by atoms with Crippen molar-refractivity contribution in [1.29, 1.82) is 0 Å². The Hall–Kier alpha value is -10.2. The molecule has 0 radical (unpaired) electrons. The number of rotatable bonds is 17. The van der Waals surface area contributed by atoms with Crippen molar-refractivity contribution in [3.8, 4) is 22.5 Å². The highest BCUT2D eigenvalue weighted by Gasteiger charge is 2.25. The molecule has 0 saturated heterocycles. The summed E-state index contributed by atoms with van der Waals surface area (Å²) in [7, 11) is 4.31. The summed E-state index contributed by atoms with van der Waals surface area (Å²) < 4.78 is 16.5. The summed E-state index contributed by atoms with van der Waals surface area (Å²) >= 11 is 13.8. The highest BCUT2D eigenvalue weighted by molar-refractivity contribution is 8.24. The van der Waals surface area contributed by atoms with E-state index in [2.05, 4.69) is 347 Å². The molecule has 13 aromatic rings. The van der Waals surface area contributed by atoms with E-state index < -0.39 is 5.20 Å². The molecule has 101 heavy (non-hydrogen) atoms. The molecule has 2 heterocycles. The number of aryl methyl sites for hydroxylation is 2. The Bertz CT molecular complexity index is 4900. The van der Waals surface area contributed by atoms with E-state index in [1.807, 2.05) is 91.0 Å². The normalized spacial score (nSPS) is 11.5. The van der Waals surface area contributed by atoms with E-state index in [1.165, 1.54) is 89.4 Å². The second-order valence-electron chi connectivity index (χ2n) is 23.8. The number of aromatic nitrogens is 2. The molecule has 0 fully saturated rings. The molecule has 0 atom stereocenters. The number of nitrogens with zero attached hydrogens (tertiary/aromatic N) is 6. The number of carbonyl (C=O) groups is 1. The molecule has 0 amide bonds. The molecule has 0 saturated carbocycles. The van der Waals surface area contributed by atoms with Crippen molar-refractivity contribution in [2.45, 2.75) is 27.7 Å². The topological polar surface area (TPSA) is 56.7 Å². The van der Waals surface area contributed by atoms with Gasteiger partial charge in [-0.05, 0) is 217 Å². The van der Waals surface area contributed by atoms with Gasteiger partial charge in [-0.2, -0.15) is 4.58 Å². The van der Waals surface area contributed by atoms with E-state index in [0.717, 1.165) is 48.9 Å². The smallest absolute Gasteiger partial charge is 0.339 e. The quantitative estimate of drug-likeness (QED) is 0.0517. The van der Waals surface area contributed by atoms with Gasteiger partial charge in [0.25, 0.3) is 0 Å². The predicted molar refractivity (Wildman–Crippen MR) is 428 cm³/mol. The number of carbonyl (C=O) groups excluding carboxylic acids is 1. The fourth-order valence-electron chi connectivity index (χ4n) is 13.1. The van der Waals surface area contributed by atoms with E-state index in [1.54, 1.807) is 0 Å². The van der Waals surface area contributed by atoms with Gasteiger partial charge < -0.3 is 36.2 Å². The second kappa shape index (κ2) is 35.3. The van der Waals surface area contributed by atoms with Crippen LogP contribution in [0.4, 0.5) is 39.8 Å². The minimum atomic E-state index is -3.22. The molecule has 0 N–H and O–H groups in total. The first-order valence-electron chi connectivity index (χ1n) is 33.8. The van der Waals surface area contributed by atoms with Gasteiger partial charge in [-0.3, -0.25) is 9.36 Å². The summed E-state index contributed by atoms with van der Waals surface area (Å²) in [5, 5.41) is -0.681. The highest BCUT2D eigenvalue weighted by atomic mass is 36.0. The summed E-state index contributed by atoms with van der Waals surface area (Å²) in [4.78, 5) is 19.9. The van der Waals surface area contributed by atoms with Gasteiger partial charge in [0.2, 0.25) is 11.4 Å². The summed E-state index contributed by atoms with van der Waals surface area (Å²) in [5.74, 6) is 0.0358. The Kier molecular flexibility index (Phi) is 25.7. The van der Waals surface area contributed by atoms with Crippen molar-refractivity contribution in [3.05, 3.63) is 362 Å². The number of benzene rings is 11. The van der Waals surface area contributed by atoms with Crippen molar-refractivity contribution in [2.24, 2.45) is 14.1 Å². The molecular weight excluding hydrogens is 1350 g/mol. The standard InChI is InChI=1S/C44H40N3.C29H28N2O.C15H13N.Cl3OP.ClH/c1-4-46(36-19-11-7-12-20-36)38-29-25-33(26-30-38)42(34-27-31-39(32-28-34)47(5-2)37-21-13-8-14-22-37)43-40-23-15-16-24-41(40)45(3)44(43)35-17-9-6-10-18-35;1-3-30(25-11-7-5-8-12-25)27-19-15-23(16-20-27)29(32)24-17-21-28(22-18-24)31(4-2)26-13-9-6-10-14-26;1-16-14-10-6-5-9-13(14)11-15(16)12-7-3-2-4-8-12;1-5(2,3)4;/h6-32H,4-5H2,1-3H3;5-22H,3-4H2,1-2H3;2-11H,1H3;;1H/q+1;;;;/p-1. The van der Waals surface area contributed by atoms with Crippen LogP contribution < -0.4 is 27.1 Å². The van der Waals surface area contributed by atoms with Crippen LogP contribution in [0.15, 0.2) is 339 Å². The van der Waals surface area contributed by atoms with E-state index in [9.17, 15) is 9.36 Å². The summed E-state index contributed by atoms with van der Waals surface area (Å²) in [6.07, 6.45) is 9.12. The zero-order valence-corrected chi connectivity index (χ0v) is 61.5. The van der Waals surface area contributed by atoms with E-state index in [0.29, 0.717) is 11.1 Å². The first-order chi connectivity index (χ1) is 48.7. The maximum atomic E-state index is 13.1. The third kappa shape index (κ3) is 18.1. The molecule has 1 aliphatic rings. The maximum absolute atomic E-state index is 13.1. The van der Waals surface area contributed by atoms with Crippen molar-refractivity contribution in [3.63, 3.8) is 0 Å². The summed E-state index contributed by atoms with van der Waals surface area (Å²) in [6.45, 7) is 12.2. The minimum absolute atomic E-state index is 0. The monoisotopic (exact) mass is 1420 g/mol. The van der Waals surface area contributed by atoms with Crippen LogP contribution in [0.5, 0.6) is 0 Å². The Morgan fingerprint density at radius 3 is 1.18 bits per heavy atom. The van der Waals surface area contributed by atoms with Crippen LogP contribution in [-0.4, -0.2) is 51.4 Å². The average molecular weight is 1430 g/mol. The lowest BCUT2D eigenvalue weighted by molar-refractivity contribution is -0.434. The number of halogens is 4. The lowest BCUT2D eigenvalue weighted by Gasteiger charge is -2.24. The van der Waals surface area contributed by atoms with Crippen LogP contribution >= 0.6 is 38.9 Å². The number of anilines is 6. The first kappa shape index (κ1) is 73.6. The van der Waals surface area contributed by atoms with Gasteiger partial charge in [-0.25, -0.2) is 0 Å². The minimum Gasteiger partial charge on any atom is -1.00 e. The fraction of sp³-hybridized carbons (Fsp3) is 0.114. The largest absolute Gasteiger partial charge is 1.00 e. The predicted octanol–water partition coefficient (Wildman–Crippen LogP) is 21.6. The number of hydrogen-bond acceptors (Lipinski definition) is 5. The Morgan fingerprint density at radius 1 is 0.406 bits per heavy atom. The molecule has 8 nitrogen and oxygen atoms in total. The van der Waals surface area contributed by atoms with Crippen LogP contribution in [0.3, 0.4) is 0 Å². The number of allylic oxidation sites excluding steroid dienone is 5. The van der Waals surface area contributed by atoms with Crippen LogP contribution in [0, 0.1) is 0 Å². The molecule has 508 valence electrons. The number of ketones is 1. The first-order valence-corrected chi connectivity index (χ1v) is 38.2. The van der Waals surface area contributed by atoms with Crippen molar-refractivity contribution in [2.75, 3.05) is 40.9 Å². The summed E-state index contributed by atoms with van der Waals surface area (Å²) in [5.41, 5.74) is 22.9. The number of para-hydroxylation sites is 6. The van der Waals surface area contributed by atoms with Gasteiger partial charge in [-0.1, -0.05) is 182 Å². The molecule has 2 aromatic heterocycles. The van der Waals surface area contributed by atoms with Gasteiger partial charge >= 0.3 is 5.20 Å². The van der Waals surface area contributed by atoms with Crippen molar-refractivity contribution < 1.29 is 26.3 Å². The fourth-order valence-corrected chi connectivity index (χ4v) is 13.1.